The summed E-state index contributed by atoms with van der Waals surface area (Å²) in [6.45, 7) is 1.74. The van der Waals surface area contributed by atoms with Crippen molar-refractivity contribution in [2.45, 2.75) is 452 Å². The molecule has 1 amide bonds. The van der Waals surface area contributed by atoms with Crippen LogP contribution in [0.2, 0.25) is 0 Å². The number of carbonyl (C=O) groups excluding carboxylic acids is 1. The van der Waals surface area contributed by atoms with Gasteiger partial charge in [-0.2, -0.15) is 0 Å². The summed E-state index contributed by atoms with van der Waals surface area (Å²) in [6, 6.07) is -0.995. The van der Waals surface area contributed by atoms with Gasteiger partial charge in [0.05, 0.1) is 38.6 Å². The Balaban J connectivity index is 1.28. The van der Waals surface area contributed by atoms with Crippen LogP contribution in [-0.4, -0.2) is 193 Å². The van der Waals surface area contributed by atoms with Gasteiger partial charge < -0.3 is 89.9 Å². The van der Waals surface area contributed by atoms with Crippen LogP contribution >= 0.6 is 0 Å². The minimum absolute atomic E-state index is 0.236. The number of allylic oxidation sites excluding steroid dienone is 5. The predicted molar refractivity (Wildman–Crippen MR) is 402 cm³/mol. The first-order chi connectivity index (χ1) is 49.3. The molecule has 3 heterocycles. The molecule has 0 bridgehead atoms. The number of nitrogens with one attached hydrogen (secondary N) is 1. The Morgan fingerprint density at radius 2 is 0.634 bits per heavy atom. The van der Waals surface area contributed by atoms with Crippen molar-refractivity contribution in [3.05, 3.63) is 36.5 Å². The van der Waals surface area contributed by atoms with E-state index in [1.54, 1.807) is 6.08 Å². The van der Waals surface area contributed by atoms with Gasteiger partial charge in [0.25, 0.3) is 0 Å². The number of hydrogen-bond acceptors (Lipinski definition) is 18. The number of unbranched alkanes of at least 4 members (excludes halogenated alkanes) is 47. The third-order valence-corrected chi connectivity index (χ3v) is 20.9. The van der Waals surface area contributed by atoms with E-state index in [9.17, 15) is 61.0 Å². The fourth-order valence-corrected chi connectivity index (χ4v) is 14.2. The molecule has 0 aromatic rings. The molecule has 101 heavy (non-hydrogen) atoms. The topological polar surface area (TPSA) is 307 Å². The maximum absolute atomic E-state index is 13.4. The Morgan fingerprint density at radius 3 is 0.990 bits per heavy atom. The van der Waals surface area contributed by atoms with Crippen LogP contribution < -0.4 is 5.32 Å². The zero-order valence-electron chi connectivity index (χ0n) is 63.7. The van der Waals surface area contributed by atoms with E-state index in [0.717, 1.165) is 44.9 Å². The maximum Gasteiger partial charge on any atom is 0.220 e. The zero-order valence-corrected chi connectivity index (χ0v) is 63.7. The molecule has 17 unspecified atom stereocenters. The van der Waals surface area contributed by atoms with Crippen LogP contribution in [0.5, 0.6) is 0 Å². The summed E-state index contributed by atoms with van der Waals surface area (Å²) in [7, 11) is 0. The summed E-state index contributed by atoms with van der Waals surface area (Å²) in [5.41, 5.74) is 0. The average molecular weight is 1440 g/mol. The first-order valence-corrected chi connectivity index (χ1v) is 41.7. The highest BCUT2D eigenvalue weighted by molar-refractivity contribution is 5.76. The fourth-order valence-electron chi connectivity index (χ4n) is 14.2. The largest absolute Gasteiger partial charge is 0.394 e. The minimum Gasteiger partial charge on any atom is -0.394 e. The molecule has 3 saturated heterocycles. The molecule has 0 aromatic carbocycles. The fraction of sp³-hybridized carbons (Fsp3) is 0.915. The van der Waals surface area contributed by atoms with Gasteiger partial charge in [0, 0.05) is 6.42 Å². The van der Waals surface area contributed by atoms with Gasteiger partial charge in [-0.05, 0) is 44.9 Å². The number of hydrogen-bond donors (Lipinski definition) is 12. The highest BCUT2D eigenvalue weighted by atomic mass is 16.8. The van der Waals surface area contributed by atoms with Crippen molar-refractivity contribution in [3.63, 3.8) is 0 Å². The SMILES string of the molecule is CCCCCCCC/C=C/CC/C=C/CC/C=C/C(O)C(COC1OC(CO)C(OC2OC(CO)C(OC3OC(CO)C(O)C(O)C3O)C(O)C2O)C(O)C1O)NC(=O)CCCCCCCCCCCCCCCCCCCCCCCCCCCCCCCCCCCCCCCCCC. The normalized spacial score (nSPS) is 26.4. The number of aliphatic hydroxyl groups is 11. The molecule has 0 radical (unpaired) electrons. The molecule has 3 aliphatic heterocycles. The van der Waals surface area contributed by atoms with Crippen molar-refractivity contribution in [3.8, 4) is 0 Å². The molecule has 0 aromatic heterocycles. The predicted octanol–water partition coefficient (Wildman–Crippen LogP) is 14.3. The van der Waals surface area contributed by atoms with Gasteiger partial charge in [0.2, 0.25) is 5.91 Å². The lowest BCUT2D eigenvalue weighted by atomic mass is 9.96. The highest BCUT2D eigenvalue weighted by Crippen LogP contribution is 2.33. The van der Waals surface area contributed by atoms with E-state index in [2.05, 4.69) is 43.5 Å². The number of aliphatic hydroxyl groups excluding tert-OH is 11. The van der Waals surface area contributed by atoms with Gasteiger partial charge in [-0.1, -0.05) is 333 Å². The number of ether oxygens (including phenoxy) is 6. The van der Waals surface area contributed by atoms with Crippen LogP contribution in [-0.2, 0) is 33.2 Å². The Kier molecular flexibility index (Phi) is 58.1. The monoisotopic (exact) mass is 1440 g/mol. The molecule has 3 aliphatic rings. The van der Waals surface area contributed by atoms with E-state index in [0.29, 0.717) is 12.8 Å². The minimum atomic E-state index is -1.98. The molecule has 594 valence electrons. The van der Waals surface area contributed by atoms with Crippen LogP contribution in [0.4, 0.5) is 0 Å². The van der Waals surface area contributed by atoms with E-state index in [1.165, 1.54) is 270 Å². The third kappa shape index (κ3) is 43.0. The van der Waals surface area contributed by atoms with E-state index < -0.39 is 124 Å². The molecular weight excluding hydrogens is 1290 g/mol. The standard InChI is InChI=1S/C82H153NO18/c1-3-5-7-9-11-13-15-17-19-21-22-23-24-25-26-27-28-29-30-31-32-33-34-35-36-37-38-39-40-41-42-43-44-46-48-50-52-54-56-58-60-70(88)83-65(66(87)59-57-55-53-51-49-47-45-20-18-16-14-12-10-8-6-4-2)64-96-80-76(94)73(91)78(68(62-85)98-80)101-82-77(95)74(92)79(69(63-86)99-82)100-81-75(93)72(90)71(89)67(61-84)97-81/h18,20,49,51,57,59,65-69,71-82,84-87,89-95H,3-17,19,21-48,50,52-56,58,60-64H2,1-2H3,(H,83,88)/b20-18+,51-49+,59-57+. The molecule has 3 rings (SSSR count). The summed E-state index contributed by atoms with van der Waals surface area (Å²) in [5, 5.41) is 121. The van der Waals surface area contributed by atoms with Crippen molar-refractivity contribution in [1.82, 2.24) is 5.32 Å². The van der Waals surface area contributed by atoms with Crippen LogP contribution in [0.15, 0.2) is 36.5 Å². The van der Waals surface area contributed by atoms with E-state index >= 15 is 0 Å². The summed E-state index contributed by atoms with van der Waals surface area (Å²) < 4.78 is 34.4. The van der Waals surface area contributed by atoms with Crippen molar-refractivity contribution >= 4 is 5.91 Å². The van der Waals surface area contributed by atoms with Gasteiger partial charge in [-0.15, -0.1) is 0 Å². The average Bonchev–Trinajstić information content (AvgIpc) is 0.780. The lowest BCUT2D eigenvalue weighted by Gasteiger charge is -2.48. The summed E-state index contributed by atoms with van der Waals surface area (Å²) >= 11 is 0. The number of amides is 1. The third-order valence-electron chi connectivity index (χ3n) is 20.9. The van der Waals surface area contributed by atoms with Gasteiger partial charge in [0.1, 0.15) is 73.2 Å². The van der Waals surface area contributed by atoms with Crippen LogP contribution in [0, 0.1) is 0 Å². The number of carbonyl (C=O) groups is 1. The lowest BCUT2D eigenvalue weighted by molar-refractivity contribution is -0.379. The Morgan fingerprint density at radius 1 is 0.347 bits per heavy atom. The molecule has 19 nitrogen and oxygen atoms in total. The Bertz CT molecular complexity index is 1960. The second-order valence-electron chi connectivity index (χ2n) is 29.9. The first kappa shape index (κ1) is 93.2. The Hall–Kier alpha value is -1.99. The molecule has 3 fully saturated rings. The van der Waals surface area contributed by atoms with Gasteiger partial charge in [-0.3, -0.25) is 4.79 Å². The molecule has 19 heteroatoms. The number of rotatable bonds is 67. The van der Waals surface area contributed by atoms with Crippen molar-refractivity contribution in [1.29, 1.82) is 0 Å². The Labute approximate surface area is 612 Å². The quantitative estimate of drug-likeness (QED) is 0.0199. The second kappa shape index (κ2) is 63.0. The molecule has 0 spiro atoms. The molecule has 12 N–H and O–H groups in total. The second-order valence-corrected chi connectivity index (χ2v) is 29.9. The van der Waals surface area contributed by atoms with E-state index in [-0.39, 0.29) is 18.9 Å². The van der Waals surface area contributed by atoms with Crippen LogP contribution in [0.1, 0.15) is 348 Å². The zero-order chi connectivity index (χ0) is 73.2. The highest BCUT2D eigenvalue weighted by Gasteiger charge is 2.54. The first-order valence-electron chi connectivity index (χ1n) is 41.7. The van der Waals surface area contributed by atoms with Crippen molar-refractivity contribution in [2.75, 3.05) is 26.4 Å². The van der Waals surface area contributed by atoms with Crippen molar-refractivity contribution in [2.24, 2.45) is 0 Å². The molecule has 0 aliphatic carbocycles. The van der Waals surface area contributed by atoms with Crippen molar-refractivity contribution < 1.29 is 89.4 Å². The summed E-state index contributed by atoms with van der Waals surface area (Å²) in [5.74, 6) is -0.284. The van der Waals surface area contributed by atoms with E-state index in [4.69, 9.17) is 28.4 Å². The van der Waals surface area contributed by atoms with E-state index in [1.807, 2.05) is 6.08 Å². The molecule has 17 atom stereocenters. The van der Waals surface area contributed by atoms with Gasteiger partial charge >= 0.3 is 0 Å². The summed E-state index contributed by atoms with van der Waals surface area (Å²) in [6.07, 6.45) is 51.9. The van der Waals surface area contributed by atoms with Crippen LogP contribution in [0.3, 0.4) is 0 Å². The van der Waals surface area contributed by atoms with Gasteiger partial charge in [0.15, 0.2) is 18.9 Å². The summed E-state index contributed by atoms with van der Waals surface area (Å²) in [4.78, 5) is 13.4. The maximum atomic E-state index is 13.4. The van der Waals surface area contributed by atoms with Crippen LogP contribution in [0.25, 0.3) is 0 Å². The molecular formula is C82H153NO18. The smallest absolute Gasteiger partial charge is 0.220 e. The van der Waals surface area contributed by atoms with Gasteiger partial charge in [-0.25, -0.2) is 0 Å². The lowest BCUT2D eigenvalue weighted by Crippen LogP contribution is -2.66. The molecule has 0 saturated carbocycles.